The van der Waals surface area contributed by atoms with E-state index in [0.717, 1.165) is 0 Å². The van der Waals surface area contributed by atoms with Crippen molar-refractivity contribution in [3.8, 4) is 0 Å². The third-order valence-corrected chi connectivity index (χ3v) is 3.88. The monoisotopic (exact) mass is 231 g/mol. The van der Waals surface area contributed by atoms with Crippen molar-refractivity contribution in [2.75, 3.05) is 7.05 Å². The van der Waals surface area contributed by atoms with Gasteiger partial charge in [-0.15, -0.1) is 0 Å². The molecule has 0 bridgehead atoms. The lowest BCUT2D eigenvalue weighted by Crippen LogP contribution is -2.46. The molecule has 0 N–H and O–H groups in total. The first-order valence-electron chi connectivity index (χ1n) is 5.53. The molecule has 0 spiro atoms. The number of hydrogen-bond donors (Lipinski definition) is 1. The average molecular weight is 231 g/mol. The zero-order chi connectivity index (χ0) is 12.4. The van der Waals surface area contributed by atoms with Crippen LogP contribution in [0.1, 0.15) is 41.5 Å². The van der Waals surface area contributed by atoms with Gasteiger partial charge in [0.1, 0.15) is 0 Å². The minimum atomic E-state index is -0.195. The van der Waals surface area contributed by atoms with E-state index >= 15 is 0 Å². The van der Waals surface area contributed by atoms with Gasteiger partial charge in [-0.3, -0.25) is 4.79 Å². The Bertz CT molecular complexity index is 220. The molecule has 0 heterocycles. The molecule has 0 radical (unpaired) electrons. The SMILES string of the molecule is CC(C)C(S)C(=O)N(C)C(C)C(C)(C)C. The Kier molecular flexibility index (Phi) is 5.18. The predicted molar refractivity (Wildman–Crippen MR) is 69.3 cm³/mol. The lowest BCUT2D eigenvalue weighted by molar-refractivity contribution is -0.133. The van der Waals surface area contributed by atoms with Gasteiger partial charge in [-0.1, -0.05) is 34.6 Å². The van der Waals surface area contributed by atoms with Crippen LogP contribution in [0.3, 0.4) is 0 Å². The maximum atomic E-state index is 12.0. The van der Waals surface area contributed by atoms with E-state index < -0.39 is 0 Å². The Morgan fingerprint density at radius 3 is 1.87 bits per heavy atom. The number of nitrogens with zero attached hydrogens (tertiary/aromatic N) is 1. The summed E-state index contributed by atoms with van der Waals surface area (Å²) in [6.07, 6.45) is 0. The molecule has 0 aliphatic carbocycles. The molecule has 1 amide bonds. The zero-order valence-corrected chi connectivity index (χ0v) is 11.9. The Hall–Kier alpha value is -0.180. The van der Waals surface area contributed by atoms with E-state index in [1.54, 1.807) is 0 Å². The molecule has 2 unspecified atom stereocenters. The highest BCUT2D eigenvalue weighted by atomic mass is 32.1. The summed E-state index contributed by atoms with van der Waals surface area (Å²) in [5, 5.41) is -0.195. The molecule has 2 atom stereocenters. The molecule has 3 heteroatoms. The quantitative estimate of drug-likeness (QED) is 0.741. The van der Waals surface area contributed by atoms with E-state index in [9.17, 15) is 4.79 Å². The first-order chi connectivity index (χ1) is 6.59. The van der Waals surface area contributed by atoms with Gasteiger partial charge in [0.2, 0.25) is 5.91 Å². The molecule has 2 nitrogen and oxygen atoms in total. The minimum absolute atomic E-state index is 0.106. The summed E-state index contributed by atoms with van der Waals surface area (Å²) in [6.45, 7) is 12.5. The molecule has 15 heavy (non-hydrogen) atoms. The average Bonchev–Trinajstić information content (AvgIpc) is 2.11. The van der Waals surface area contributed by atoms with Crippen molar-refractivity contribution < 1.29 is 4.79 Å². The summed E-state index contributed by atoms with van der Waals surface area (Å²) < 4.78 is 0. The lowest BCUT2D eigenvalue weighted by Gasteiger charge is -2.37. The van der Waals surface area contributed by atoms with Crippen molar-refractivity contribution >= 4 is 18.5 Å². The Morgan fingerprint density at radius 2 is 1.60 bits per heavy atom. The maximum absolute atomic E-state index is 12.0. The topological polar surface area (TPSA) is 20.3 Å². The summed E-state index contributed by atoms with van der Waals surface area (Å²) in [4.78, 5) is 13.8. The second-order valence-corrected chi connectivity index (χ2v) is 6.24. The normalized spacial score (nSPS) is 16.3. The van der Waals surface area contributed by atoms with Crippen molar-refractivity contribution in [1.29, 1.82) is 0 Å². The molecule has 0 saturated carbocycles. The van der Waals surface area contributed by atoms with Gasteiger partial charge in [0.15, 0.2) is 0 Å². The molecule has 0 aromatic carbocycles. The fourth-order valence-corrected chi connectivity index (χ4v) is 1.45. The highest BCUT2D eigenvalue weighted by molar-refractivity contribution is 7.81. The van der Waals surface area contributed by atoms with E-state index in [0.29, 0.717) is 0 Å². The number of carbonyl (C=O) groups excluding carboxylic acids is 1. The van der Waals surface area contributed by atoms with Crippen LogP contribution in [0.5, 0.6) is 0 Å². The van der Waals surface area contributed by atoms with Crippen molar-refractivity contribution in [2.24, 2.45) is 11.3 Å². The number of hydrogen-bond acceptors (Lipinski definition) is 2. The zero-order valence-electron chi connectivity index (χ0n) is 11.0. The van der Waals surface area contributed by atoms with Gasteiger partial charge in [-0.05, 0) is 18.3 Å². The second-order valence-electron chi connectivity index (χ2n) is 5.68. The highest BCUT2D eigenvalue weighted by Crippen LogP contribution is 2.24. The summed E-state index contributed by atoms with van der Waals surface area (Å²) in [6, 6.07) is 0.221. The van der Waals surface area contributed by atoms with E-state index in [-0.39, 0.29) is 28.5 Å². The standard InChI is InChI=1S/C12H25NOS/c1-8(2)10(15)11(14)13(7)9(3)12(4,5)6/h8-10,15H,1-7H3. The molecular weight excluding hydrogens is 206 g/mol. The first-order valence-corrected chi connectivity index (χ1v) is 6.05. The molecule has 0 aromatic heterocycles. The predicted octanol–water partition coefficient (Wildman–Crippen LogP) is 2.83. The number of thiol groups is 1. The van der Waals surface area contributed by atoms with Gasteiger partial charge in [0.05, 0.1) is 5.25 Å². The molecule has 0 aliphatic rings. The van der Waals surface area contributed by atoms with Gasteiger partial charge in [-0.2, -0.15) is 12.6 Å². The molecular formula is C12H25NOS. The molecule has 0 fully saturated rings. The van der Waals surface area contributed by atoms with Crippen LogP contribution in [-0.4, -0.2) is 29.1 Å². The van der Waals surface area contributed by atoms with Crippen LogP contribution in [0.25, 0.3) is 0 Å². The minimum Gasteiger partial charge on any atom is -0.342 e. The molecule has 0 aliphatic heterocycles. The smallest absolute Gasteiger partial charge is 0.235 e. The first kappa shape index (κ1) is 14.8. The molecule has 0 saturated heterocycles. The van der Waals surface area contributed by atoms with Gasteiger partial charge in [0, 0.05) is 13.1 Å². The summed E-state index contributed by atoms with van der Waals surface area (Å²) >= 11 is 4.36. The fourth-order valence-electron chi connectivity index (χ4n) is 1.27. The van der Waals surface area contributed by atoms with E-state index in [4.69, 9.17) is 0 Å². The summed E-state index contributed by atoms with van der Waals surface area (Å²) in [5.41, 5.74) is 0.106. The summed E-state index contributed by atoms with van der Waals surface area (Å²) in [5.74, 6) is 0.395. The molecule has 90 valence electrons. The summed E-state index contributed by atoms with van der Waals surface area (Å²) in [7, 11) is 1.86. The van der Waals surface area contributed by atoms with E-state index in [2.05, 4.69) is 40.3 Å². The van der Waals surface area contributed by atoms with Crippen LogP contribution < -0.4 is 0 Å². The van der Waals surface area contributed by atoms with Crippen LogP contribution in [0, 0.1) is 11.3 Å². The van der Waals surface area contributed by atoms with Crippen LogP contribution >= 0.6 is 12.6 Å². The Balaban J connectivity index is 4.59. The second kappa shape index (κ2) is 5.24. The van der Waals surface area contributed by atoms with Gasteiger partial charge in [0.25, 0.3) is 0 Å². The van der Waals surface area contributed by atoms with Gasteiger partial charge < -0.3 is 4.90 Å². The largest absolute Gasteiger partial charge is 0.342 e. The van der Waals surface area contributed by atoms with Crippen molar-refractivity contribution in [1.82, 2.24) is 4.90 Å². The van der Waals surface area contributed by atoms with Crippen molar-refractivity contribution in [2.45, 2.75) is 52.8 Å². The van der Waals surface area contributed by atoms with Gasteiger partial charge in [-0.25, -0.2) is 0 Å². The van der Waals surface area contributed by atoms with Gasteiger partial charge >= 0.3 is 0 Å². The van der Waals surface area contributed by atoms with Crippen LogP contribution in [0.4, 0.5) is 0 Å². The van der Waals surface area contributed by atoms with E-state index in [1.807, 2.05) is 25.8 Å². The van der Waals surface area contributed by atoms with Crippen molar-refractivity contribution in [3.05, 3.63) is 0 Å². The van der Waals surface area contributed by atoms with Crippen LogP contribution in [0.2, 0.25) is 0 Å². The fraction of sp³-hybridized carbons (Fsp3) is 0.917. The number of amides is 1. The maximum Gasteiger partial charge on any atom is 0.235 e. The third kappa shape index (κ3) is 4.06. The lowest BCUT2D eigenvalue weighted by atomic mass is 9.87. The number of rotatable bonds is 3. The number of carbonyl (C=O) groups is 1. The van der Waals surface area contributed by atoms with Crippen LogP contribution in [-0.2, 0) is 4.79 Å². The Labute approximate surface area is 99.8 Å². The van der Waals surface area contributed by atoms with E-state index in [1.165, 1.54) is 0 Å². The molecule has 0 rings (SSSR count). The van der Waals surface area contributed by atoms with Crippen molar-refractivity contribution in [3.63, 3.8) is 0 Å². The molecule has 0 aromatic rings. The van der Waals surface area contributed by atoms with Crippen LogP contribution in [0.15, 0.2) is 0 Å². The Morgan fingerprint density at radius 1 is 1.20 bits per heavy atom. The third-order valence-electron chi connectivity index (χ3n) is 3.07. The highest BCUT2D eigenvalue weighted by Gasteiger charge is 2.30.